The Kier molecular flexibility index (Phi) is 3.39. The van der Waals surface area contributed by atoms with Crippen LogP contribution in [0.5, 0.6) is 0 Å². The van der Waals surface area contributed by atoms with Crippen molar-refractivity contribution < 1.29 is 10.2 Å². The second kappa shape index (κ2) is 4.77. The normalized spacial score (nSPS) is 27.9. The maximum atomic E-state index is 9.99. The molecule has 1 aromatic rings. The van der Waals surface area contributed by atoms with Gasteiger partial charge in [-0.05, 0) is 37.2 Å². The highest BCUT2D eigenvalue weighted by Gasteiger charge is 2.25. The molecule has 0 aromatic heterocycles. The summed E-state index contributed by atoms with van der Waals surface area (Å²) in [6.07, 6.45) is 3.06. The average molecular weight is 206 g/mol. The Balaban J connectivity index is 1.90. The average Bonchev–Trinajstić information content (AvgIpc) is 2.65. The fourth-order valence-electron chi connectivity index (χ4n) is 2.39. The van der Waals surface area contributed by atoms with Crippen LogP contribution in [-0.2, 0) is 0 Å². The SMILES string of the molecule is OC1CCC(CC(O)c2ccccc2)C1. The Bertz CT molecular complexity index is 297. The molecule has 0 saturated heterocycles. The zero-order chi connectivity index (χ0) is 10.7. The lowest BCUT2D eigenvalue weighted by atomic mass is 9.96. The van der Waals surface area contributed by atoms with Crippen molar-refractivity contribution >= 4 is 0 Å². The Morgan fingerprint density at radius 3 is 2.53 bits per heavy atom. The highest BCUT2D eigenvalue weighted by Crippen LogP contribution is 2.33. The third kappa shape index (κ3) is 2.80. The molecule has 2 nitrogen and oxygen atoms in total. The molecule has 0 radical (unpaired) electrons. The summed E-state index contributed by atoms with van der Waals surface area (Å²) in [6, 6.07) is 9.76. The van der Waals surface area contributed by atoms with Gasteiger partial charge in [0, 0.05) is 0 Å². The maximum absolute atomic E-state index is 9.99. The number of aliphatic hydroxyl groups excluding tert-OH is 2. The van der Waals surface area contributed by atoms with Gasteiger partial charge < -0.3 is 10.2 Å². The van der Waals surface area contributed by atoms with Crippen LogP contribution in [0.3, 0.4) is 0 Å². The van der Waals surface area contributed by atoms with E-state index in [4.69, 9.17) is 0 Å². The molecule has 0 spiro atoms. The van der Waals surface area contributed by atoms with E-state index in [0.29, 0.717) is 5.92 Å². The van der Waals surface area contributed by atoms with Gasteiger partial charge in [-0.15, -0.1) is 0 Å². The lowest BCUT2D eigenvalue weighted by Gasteiger charge is -2.15. The van der Waals surface area contributed by atoms with Crippen molar-refractivity contribution in [2.75, 3.05) is 0 Å². The number of hydrogen-bond donors (Lipinski definition) is 2. The summed E-state index contributed by atoms with van der Waals surface area (Å²) in [5.74, 6) is 0.482. The smallest absolute Gasteiger partial charge is 0.0792 e. The monoisotopic (exact) mass is 206 g/mol. The van der Waals surface area contributed by atoms with Crippen molar-refractivity contribution in [2.45, 2.75) is 37.9 Å². The van der Waals surface area contributed by atoms with Crippen molar-refractivity contribution in [2.24, 2.45) is 5.92 Å². The summed E-state index contributed by atoms with van der Waals surface area (Å²) in [5.41, 5.74) is 0.985. The van der Waals surface area contributed by atoms with Crippen molar-refractivity contribution in [1.29, 1.82) is 0 Å². The third-order valence-electron chi connectivity index (χ3n) is 3.25. The van der Waals surface area contributed by atoms with E-state index < -0.39 is 0 Å². The van der Waals surface area contributed by atoms with Gasteiger partial charge in [0.25, 0.3) is 0 Å². The number of hydrogen-bond acceptors (Lipinski definition) is 2. The molecule has 0 amide bonds. The highest BCUT2D eigenvalue weighted by atomic mass is 16.3. The second-order valence-corrected chi connectivity index (χ2v) is 4.50. The van der Waals surface area contributed by atoms with Crippen LogP contribution in [0, 0.1) is 5.92 Å². The van der Waals surface area contributed by atoms with E-state index in [1.165, 1.54) is 0 Å². The highest BCUT2D eigenvalue weighted by molar-refractivity contribution is 5.17. The number of aliphatic hydroxyl groups is 2. The van der Waals surface area contributed by atoms with Gasteiger partial charge in [-0.1, -0.05) is 30.3 Å². The molecule has 15 heavy (non-hydrogen) atoms. The Morgan fingerprint density at radius 1 is 1.20 bits per heavy atom. The van der Waals surface area contributed by atoms with E-state index in [0.717, 1.165) is 31.2 Å². The van der Waals surface area contributed by atoms with Gasteiger partial charge in [0.1, 0.15) is 0 Å². The predicted molar refractivity (Wildman–Crippen MR) is 59.4 cm³/mol. The number of benzene rings is 1. The Morgan fingerprint density at radius 2 is 1.93 bits per heavy atom. The van der Waals surface area contributed by atoms with Crippen molar-refractivity contribution in [3.05, 3.63) is 35.9 Å². The van der Waals surface area contributed by atoms with Crippen LogP contribution >= 0.6 is 0 Å². The minimum absolute atomic E-state index is 0.141. The summed E-state index contributed by atoms with van der Waals surface area (Å²) in [6.45, 7) is 0. The standard InChI is InChI=1S/C13H18O2/c14-12-7-6-10(8-12)9-13(15)11-4-2-1-3-5-11/h1-5,10,12-15H,6-9H2. The summed E-state index contributed by atoms with van der Waals surface area (Å²) in [7, 11) is 0. The Labute approximate surface area is 90.6 Å². The van der Waals surface area contributed by atoms with Gasteiger partial charge in [-0.2, -0.15) is 0 Å². The molecule has 1 fully saturated rings. The molecule has 1 saturated carbocycles. The van der Waals surface area contributed by atoms with Crippen LogP contribution in [0.1, 0.15) is 37.4 Å². The molecule has 0 bridgehead atoms. The first-order valence-electron chi connectivity index (χ1n) is 5.67. The second-order valence-electron chi connectivity index (χ2n) is 4.50. The van der Waals surface area contributed by atoms with Crippen LogP contribution < -0.4 is 0 Å². The molecule has 1 aromatic carbocycles. The molecular formula is C13H18O2. The zero-order valence-electron chi connectivity index (χ0n) is 8.84. The van der Waals surface area contributed by atoms with Gasteiger partial charge in [0.05, 0.1) is 12.2 Å². The van der Waals surface area contributed by atoms with Crippen LogP contribution in [0.4, 0.5) is 0 Å². The van der Waals surface area contributed by atoms with Crippen LogP contribution in [0.25, 0.3) is 0 Å². The van der Waals surface area contributed by atoms with Gasteiger partial charge in [-0.25, -0.2) is 0 Å². The topological polar surface area (TPSA) is 40.5 Å². The molecule has 2 N–H and O–H groups in total. The Hall–Kier alpha value is -0.860. The largest absolute Gasteiger partial charge is 0.393 e. The zero-order valence-corrected chi connectivity index (χ0v) is 8.84. The van der Waals surface area contributed by atoms with E-state index in [1.807, 2.05) is 30.3 Å². The van der Waals surface area contributed by atoms with E-state index in [2.05, 4.69) is 0 Å². The molecule has 3 atom stereocenters. The van der Waals surface area contributed by atoms with E-state index in [9.17, 15) is 10.2 Å². The minimum atomic E-state index is -0.374. The van der Waals surface area contributed by atoms with Gasteiger partial charge in [-0.3, -0.25) is 0 Å². The molecular weight excluding hydrogens is 188 g/mol. The maximum Gasteiger partial charge on any atom is 0.0792 e. The van der Waals surface area contributed by atoms with E-state index >= 15 is 0 Å². The first-order valence-corrected chi connectivity index (χ1v) is 5.67. The van der Waals surface area contributed by atoms with Gasteiger partial charge in [0.2, 0.25) is 0 Å². The van der Waals surface area contributed by atoms with Crippen molar-refractivity contribution in [3.63, 3.8) is 0 Å². The molecule has 1 aliphatic rings. The van der Waals surface area contributed by atoms with E-state index in [-0.39, 0.29) is 12.2 Å². The van der Waals surface area contributed by atoms with Crippen LogP contribution in [0.2, 0.25) is 0 Å². The fraction of sp³-hybridized carbons (Fsp3) is 0.538. The first-order chi connectivity index (χ1) is 7.25. The lowest BCUT2D eigenvalue weighted by Crippen LogP contribution is -2.06. The van der Waals surface area contributed by atoms with Crippen molar-refractivity contribution in [1.82, 2.24) is 0 Å². The molecule has 3 unspecified atom stereocenters. The minimum Gasteiger partial charge on any atom is -0.393 e. The molecule has 2 heteroatoms. The predicted octanol–water partition coefficient (Wildman–Crippen LogP) is 2.27. The quantitative estimate of drug-likeness (QED) is 0.796. The number of rotatable bonds is 3. The third-order valence-corrected chi connectivity index (χ3v) is 3.25. The molecule has 2 rings (SSSR count). The fourth-order valence-corrected chi connectivity index (χ4v) is 2.39. The van der Waals surface area contributed by atoms with Crippen molar-refractivity contribution in [3.8, 4) is 0 Å². The van der Waals surface area contributed by atoms with Crippen LogP contribution in [0.15, 0.2) is 30.3 Å². The molecule has 0 aliphatic heterocycles. The summed E-state index contributed by atoms with van der Waals surface area (Å²) >= 11 is 0. The summed E-state index contributed by atoms with van der Waals surface area (Å²) < 4.78 is 0. The lowest BCUT2D eigenvalue weighted by molar-refractivity contribution is 0.134. The molecule has 1 aliphatic carbocycles. The van der Waals surface area contributed by atoms with Gasteiger partial charge >= 0.3 is 0 Å². The summed E-state index contributed by atoms with van der Waals surface area (Å²) in [5, 5.41) is 19.4. The molecule has 82 valence electrons. The van der Waals surface area contributed by atoms with E-state index in [1.54, 1.807) is 0 Å². The summed E-state index contributed by atoms with van der Waals surface area (Å²) in [4.78, 5) is 0. The van der Waals surface area contributed by atoms with Crippen LogP contribution in [-0.4, -0.2) is 16.3 Å². The first kappa shape index (κ1) is 10.7. The van der Waals surface area contributed by atoms with Gasteiger partial charge in [0.15, 0.2) is 0 Å². The molecule has 0 heterocycles.